The van der Waals surface area contributed by atoms with Crippen LogP contribution in [0.25, 0.3) is 10.2 Å². The van der Waals surface area contributed by atoms with Crippen molar-refractivity contribution in [3.63, 3.8) is 0 Å². The van der Waals surface area contributed by atoms with Crippen molar-refractivity contribution in [2.24, 2.45) is 0 Å². The van der Waals surface area contributed by atoms with Gasteiger partial charge in [0.05, 0.1) is 23.3 Å². The van der Waals surface area contributed by atoms with Crippen molar-refractivity contribution in [1.29, 1.82) is 0 Å². The first kappa shape index (κ1) is 17.1. The molecule has 24 heavy (non-hydrogen) atoms. The Balaban J connectivity index is 1.63. The third-order valence-corrected chi connectivity index (χ3v) is 6.12. The van der Waals surface area contributed by atoms with Gasteiger partial charge in [0, 0.05) is 12.6 Å². The number of nitrogens with zero attached hydrogens (tertiary/aromatic N) is 2. The number of carbonyl (C=O) groups excluding carboxylic acids is 1. The zero-order chi connectivity index (χ0) is 17.1. The topological polar surface area (TPSA) is 37.6 Å². The molecule has 2 aromatic heterocycles. The quantitative estimate of drug-likeness (QED) is 0.734. The Bertz CT molecular complexity index is 780. The molecule has 1 unspecified atom stereocenters. The summed E-state index contributed by atoms with van der Waals surface area (Å²) in [7, 11) is 3.93. The van der Waals surface area contributed by atoms with Crippen LogP contribution in [-0.2, 0) is 11.3 Å². The number of thiophene rings is 1. The van der Waals surface area contributed by atoms with Crippen molar-refractivity contribution in [1.82, 2.24) is 9.88 Å². The van der Waals surface area contributed by atoms with Crippen LogP contribution in [0.3, 0.4) is 0 Å². The van der Waals surface area contributed by atoms with Gasteiger partial charge in [0.2, 0.25) is 0 Å². The molecule has 0 aliphatic rings. The second-order valence-electron chi connectivity index (χ2n) is 6.14. The third kappa shape index (κ3) is 3.83. The summed E-state index contributed by atoms with van der Waals surface area (Å²) in [5, 5.41) is 5.20. The van der Waals surface area contributed by atoms with E-state index in [-0.39, 0.29) is 11.9 Å². The number of para-hydroxylation sites is 1. The minimum Gasteiger partial charge on any atom is -0.332 e. The standard InChI is InChI=1S/C18H21N3OS2/c1-13(18-19-15-6-4-5-7-16(15)24-18)21(3)17(22)11-20(2)10-14-8-9-23-12-14/h4-9,12-13H,10-11H2,1-3H3/p+1/t13-/m1/s1. The molecule has 0 fully saturated rings. The smallest absolute Gasteiger partial charge is 0.278 e. The molecule has 0 aliphatic carbocycles. The Hall–Kier alpha value is -1.76. The Morgan fingerprint density at radius 2 is 2.12 bits per heavy atom. The first-order valence-corrected chi connectivity index (χ1v) is 9.74. The van der Waals surface area contributed by atoms with E-state index in [1.807, 2.05) is 37.1 Å². The van der Waals surface area contributed by atoms with Crippen LogP contribution in [0.4, 0.5) is 0 Å². The molecule has 2 heterocycles. The van der Waals surface area contributed by atoms with Gasteiger partial charge in [-0.25, -0.2) is 4.98 Å². The van der Waals surface area contributed by atoms with Crippen LogP contribution in [0, 0.1) is 0 Å². The van der Waals surface area contributed by atoms with Crippen LogP contribution < -0.4 is 4.90 Å². The number of thiazole rings is 1. The molecule has 2 atom stereocenters. The van der Waals surface area contributed by atoms with E-state index in [0.717, 1.165) is 17.1 Å². The second kappa shape index (κ2) is 7.42. The van der Waals surface area contributed by atoms with Gasteiger partial charge in [-0.15, -0.1) is 11.3 Å². The maximum absolute atomic E-state index is 12.6. The van der Waals surface area contributed by atoms with Crippen molar-refractivity contribution in [2.75, 3.05) is 20.6 Å². The highest BCUT2D eigenvalue weighted by atomic mass is 32.1. The Morgan fingerprint density at radius 1 is 1.33 bits per heavy atom. The molecule has 0 saturated heterocycles. The molecule has 1 aromatic carbocycles. The first-order chi connectivity index (χ1) is 11.5. The van der Waals surface area contributed by atoms with Crippen molar-refractivity contribution in [3.8, 4) is 0 Å². The lowest BCUT2D eigenvalue weighted by Gasteiger charge is -2.24. The van der Waals surface area contributed by atoms with Gasteiger partial charge in [-0.3, -0.25) is 4.79 Å². The molecular formula is C18H22N3OS2+. The summed E-state index contributed by atoms with van der Waals surface area (Å²) in [5.74, 6) is 0.148. The highest BCUT2D eigenvalue weighted by Gasteiger charge is 2.23. The van der Waals surface area contributed by atoms with E-state index >= 15 is 0 Å². The number of fused-ring (bicyclic) bond motifs is 1. The molecule has 0 radical (unpaired) electrons. The molecule has 4 nitrogen and oxygen atoms in total. The third-order valence-electron chi connectivity index (χ3n) is 4.18. The summed E-state index contributed by atoms with van der Waals surface area (Å²) in [6.45, 7) is 3.41. The van der Waals surface area contributed by atoms with Gasteiger partial charge >= 0.3 is 0 Å². The minimum absolute atomic E-state index is 0.0103. The number of hydrogen-bond donors (Lipinski definition) is 1. The number of benzene rings is 1. The molecule has 3 rings (SSSR count). The van der Waals surface area contributed by atoms with E-state index in [1.54, 1.807) is 22.7 Å². The summed E-state index contributed by atoms with van der Waals surface area (Å²) in [6, 6.07) is 10.2. The lowest BCUT2D eigenvalue weighted by Crippen LogP contribution is -3.08. The molecule has 0 bridgehead atoms. The van der Waals surface area contributed by atoms with Crippen LogP contribution in [0.15, 0.2) is 41.1 Å². The van der Waals surface area contributed by atoms with Gasteiger partial charge in [-0.2, -0.15) is 11.3 Å². The molecule has 6 heteroatoms. The van der Waals surface area contributed by atoms with Crippen LogP contribution in [0.1, 0.15) is 23.5 Å². The van der Waals surface area contributed by atoms with Gasteiger partial charge in [0.15, 0.2) is 6.54 Å². The zero-order valence-electron chi connectivity index (χ0n) is 14.2. The summed E-state index contributed by atoms with van der Waals surface area (Å²) >= 11 is 3.36. The van der Waals surface area contributed by atoms with E-state index in [2.05, 4.69) is 34.9 Å². The van der Waals surface area contributed by atoms with Crippen LogP contribution in [0.5, 0.6) is 0 Å². The average Bonchev–Trinajstić information content (AvgIpc) is 3.22. The Labute approximate surface area is 150 Å². The van der Waals surface area contributed by atoms with Gasteiger partial charge in [-0.05, 0) is 35.9 Å². The van der Waals surface area contributed by atoms with Crippen LogP contribution in [-0.4, -0.2) is 36.4 Å². The van der Waals surface area contributed by atoms with Crippen molar-refractivity contribution < 1.29 is 9.69 Å². The molecule has 0 saturated carbocycles. The molecule has 1 amide bonds. The minimum atomic E-state index is -0.0103. The average molecular weight is 361 g/mol. The number of quaternary nitrogens is 1. The molecule has 126 valence electrons. The Kier molecular flexibility index (Phi) is 5.28. The number of aromatic nitrogens is 1. The van der Waals surface area contributed by atoms with Crippen molar-refractivity contribution >= 4 is 38.8 Å². The number of nitrogens with one attached hydrogen (secondary N) is 1. The summed E-state index contributed by atoms with van der Waals surface area (Å²) in [5.41, 5.74) is 2.29. The predicted octanol–water partition coefficient (Wildman–Crippen LogP) is 2.59. The largest absolute Gasteiger partial charge is 0.332 e. The van der Waals surface area contributed by atoms with Gasteiger partial charge in [0.1, 0.15) is 11.6 Å². The highest BCUT2D eigenvalue weighted by molar-refractivity contribution is 7.18. The number of carbonyl (C=O) groups is 1. The SMILES string of the molecule is C[C@H](c1nc2ccccc2s1)N(C)C(=O)C[NH+](C)Cc1ccsc1. The molecule has 0 spiro atoms. The molecule has 0 aliphatic heterocycles. The van der Waals surface area contributed by atoms with E-state index in [4.69, 9.17) is 0 Å². The first-order valence-electron chi connectivity index (χ1n) is 7.98. The number of amides is 1. The van der Waals surface area contributed by atoms with E-state index < -0.39 is 0 Å². The van der Waals surface area contributed by atoms with Crippen LogP contribution >= 0.6 is 22.7 Å². The fourth-order valence-corrected chi connectivity index (χ4v) is 4.37. The highest BCUT2D eigenvalue weighted by Crippen LogP contribution is 2.28. The monoisotopic (exact) mass is 360 g/mol. The fraction of sp³-hybridized carbons (Fsp3) is 0.333. The maximum atomic E-state index is 12.6. The summed E-state index contributed by atoms with van der Waals surface area (Å²) < 4.78 is 1.17. The van der Waals surface area contributed by atoms with Crippen molar-refractivity contribution in [2.45, 2.75) is 19.5 Å². The molecular weight excluding hydrogens is 338 g/mol. The number of rotatable bonds is 6. The maximum Gasteiger partial charge on any atom is 0.278 e. The lowest BCUT2D eigenvalue weighted by atomic mass is 10.3. The second-order valence-corrected chi connectivity index (χ2v) is 7.98. The van der Waals surface area contributed by atoms with Crippen molar-refractivity contribution in [3.05, 3.63) is 51.7 Å². The molecule has 1 N–H and O–H groups in total. The van der Waals surface area contributed by atoms with Gasteiger partial charge < -0.3 is 9.80 Å². The number of hydrogen-bond acceptors (Lipinski definition) is 4. The lowest BCUT2D eigenvalue weighted by molar-refractivity contribution is -0.885. The molecule has 3 aromatic rings. The van der Waals surface area contributed by atoms with E-state index in [1.165, 1.54) is 15.2 Å². The summed E-state index contributed by atoms with van der Waals surface area (Å²) in [4.78, 5) is 20.3. The zero-order valence-corrected chi connectivity index (χ0v) is 15.8. The van der Waals surface area contributed by atoms with Gasteiger partial charge in [0.25, 0.3) is 5.91 Å². The number of likely N-dealkylation sites (N-methyl/N-ethyl adjacent to an activating group) is 2. The van der Waals surface area contributed by atoms with E-state index in [0.29, 0.717) is 6.54 Å². The van der Waals surface area contributed by atoms with E-state index in [9.17, 15) is 4.79 Å². The van der Waals surface area contributed by atoms with Crippen LogP contribution in [0.2, 0.25) is 0 Å². The van der Waals surface area contributed by atoms with Gasteiger partial charge in [-0.1, -0.05) is 12.1 Å². The Morgan fingerprint density at radius 3 is 2.83 bits per heavy atom. The summed E-state index contributed by atoms with van der Waals surface area (Å²) in [6.07, 6.45) is 0. The normalized spacial score (nSPS) is 13.8. The predicted molar refractivity (Wildman–Crippen MR) is 101 cm³/mol. The fourth-order valence-electron chi connectivity index (χ4n) is 2.64.